The molecule has 2 aromatic carbocycles. The lowest BCUT2D eigenvalue weighted by atomic mass is 10.1. The molecular formula is C18H15ClN2O4S. The molecule has 0 radical (unpaired) electrons. The Morgan fingerprint density at radius 2 is 1.92 bits per heavy atom. The van der Waals surface area contributed by atoms with Gasteiger partial charge in [-0.1, -0.05) is 29.4 Å². The van der Waals surface area contributed by atoms with Crippen molar-refractivity contribution in [3.05, 3.63) is 53.1 Å². The highest BCUT2D eigenvalue weighted by Gasteiger charge is 2.14. The number of rotatable bonds is 7. The number of nitrogens with zero attached hydrogens (tertiary/aromatic N) is 2. The molecule has 0 unspecified atom stereocenters. The van der Waals surface area contributed by atoms with Gasteiger partial charge in [0, 0.05) is 16.1 Å². The van der Waals surface area contributed by atoms with Crippen LogP contribution in [0.3, 0.4) is 0 Å². The number of ketones is 1. The van der Waals surface area contributed by atoms with Gasteiger partial charge in [-0.05, 0) is 36.4 Å². The Balaban J connectivity index is 1.67. The standard InChI is InChI=1S/C18H15ClN2O4S/c1-23-15-7-6-11(9-16(15)24-2)14(22)10-26-18-21-20-17(25-18)12-4-3-5-13(19)8-12/h3-9H,10H2,1-2H3. The summed E-state index contributed by atoms with van der Waals surface area (Å²) in [7, 11) is 3.07. The van der Waals surface area contributed by atoms with Crippen LogP contribution in [0.1, 0.15) is 10.4 Å². The maximum absolute atomic E-state index is 12.4. The van der Waals surface area contributed by atoms with Gasteiger partial charge >= 0.3 is 0 Å². The third-order valence-corrected chi connectivity index (χ3v) is 4.56. The van der Waals surface area contributed by atoms with Crippen molar-refractivity contribution in [3.63, 3.8) is 0 Å². The SMILES string of the molecule is COc1ccc(C(=O)CSc2nnc(-c3cccc(Cl)c3)o2)cc1OC. The molecule has 0 saturated heterocycles. The first kappa shape index (κ1) is 18.3. The van der Waals surface area contributed by atoms with Crippen LogP contribution in [0.2, 0.25) is 5.02 Å². The van der Waals surface area contributed by atoms with Crippen LogP contribution in [-0.2, 0) is 0 Å². The Kier molecular flexibility index (Phi) is 5.80. The summed E-state index contributed by atoms with van der Waals surface area (Å²) in [5, 5.41) is 8.84. The van der Waals surface area contributed by atoms with E-state index in [2.05, 4.69) is 10.2 Å². The van der Waals surface area contributed by atoms with E-state index in [1.807, 2.05) is 6.07 Å². The summed E-state index contributed by atoms with van der Waals surface area (Å²) >= 11 is 7.13. The predicted molar refractivity (Wildman–Crippen MR) is 99.3 cm³/mol. The number of carbonyl (C=O) groups is 1. The van der Waals surface area contributed by atoms with Crippen molar-refractivity contribution in [3.8, 4) is 23.0 Å². The van der Waals surface area contributed by atoms with Gasteiger partial charge in [0.2, 0.25) is 5.89 Å². The molecule has 3 rings (SSSR count). The van der Waals surface area contributed by atoms with Crippen molar-refractivity contribution < 1.29 is 18.7 Å². The quantitative estimate of drug-likeness (QED) is 0.437. The van der Waals surface area contributed by atoms with Crippen molar-refractivity contribution in [1.82, 2.24) is 10.2 Å². The summed E-state index contributed by atoms with van der Waals surface area (Å²) in [5.41, 5.74) is 1.24. The zero-order chi connectivity index (χ0) is 18.5. The van der Waals surface area contributed by atoms with E-state index in [9.17, 15) is 4.79 Å². The van der Waals surface area contributed by atoms with Crippen LogP contribution in [0.15, 0.2) is 52.1 Å². The van der Waals surface area contributed by atoms with Gasteiger partial charge in [-0.25, -0.2) is 0 Å². The maximum atomic E-state index is 12.4. The summed E-state index contributed by atoms with van der Waals surface area (Å²) in [4.78, 5) is 12.4. The molecule has 1 heterocycles. The van der Waals surface area contributed by atoms with Gasteiger partial charge in [0.15, 0.2) is 17.3 Å². The molecular weight excluding hydrogens is 376 g/mol. The van der Waals surface area contributed by atoms with Gasteiger partial charge in [0.05, 0.1) is 20.0 Å². The topological polar surface area (TPSA) is 74.5 Å². The summed E-state index contributed by atoms with van der Waals surface area (Å²) in [5.74, 6) is 1.50. The second kappa shape index (κ2) is 8.25. The van der Waals surface area contributed by atoms with Gasteiger partial charge < -0.3 is 13.9 Å². The number of halogens is 1. The van der Waals surface area contributed by atoms with Gasteiger partial charge in [0.1, 0.15) is 0 Å². The van der Waals surface area contributed by atoms with E-state index >= 15 is 0 Å². The molecule has 0 aliphatic rings. The van der Waals surface area contributed by atoms with Gasteiger partial charge in [0.25, 0.3) is 5.22 Å². The fourth-order valence-electron chi connectivity index (χ4n) is 2.23. The van der Waals surface area contributed by atoms with E-state index in [0.29, 0.717) is 33.2 Å². The van der Waals surface area contributed by atoms with Gasteiger partial charge in [-0.15, -0.1) is 10.2 Å². The smallest absolute Gasteiger partial charge is 0.277 e. The average molecular weight is 391 g/mol. The van der Waals surface area contributed by atoms with Crippen molar-refractivity contribution in [2.75, 3.05) is 20.0 Å². The molecule has 0 atom stereocenters. The van der Waals surface area contributed by atoms with Crippen LogP contribution >= 0.6 is 23.4 Å². The van der Waals surface area contributed by atoms with Crippen LogP contribution in [0.25, 0.3) is 11.5 Å². The minimum absolute atomic E-state index is 0.0848. The Labute approximate surface area is 159 Å². The second-order valence-corrected chi connectivity index (χ2v) is 6.53. The van der Waals surface area contributed by atoms with Crippen LogP contribution in [-0.4, -0.2) is 36.0 Å². The molecule has 0 spiro atoms. The van der Waals surface area contributed by atoms with Crippen LogP contribution in [0.4, 0.5) is 0 Å². The van der Waals surface area contributed by atoms with E-state index in [4.69, 9.17) is 25.5 Å². The third kappa shape index (κ3) is 4.17. The molecule has 0 amide bonds. The molecule has 6 nitrogen and oxygen atoms in total. The van der Waals surface area contributed by atoms with Crippen LogP contribution < -0.4 is 9.47 Å². The normalized spacial score (nSPS) is 10.6. The first-order valence-corrected chi connectivity index (χ1v) is 8.94. The number of ether oxygens (including phenoxy) is 2. The highest BCUT2D eigenvalue weighted by atomic mass is 35.5. The fraction of sp³-hybridized carbons (Fsp3) is 0.167. The second-order valence-electron chi connectivity index (χ2n) is 5.17. The molecule has 8 heteroatoms. The summed E-state index contributed by atoms with van der Waals surface area (Å²) in [6.45, 7) is 0. The van der Waals surface area contributed by atoms with Crippen molar-refractivity contribution in [2.45, 2.75) is 5.22 Å². The first-order chi connectivity index (χ1) is 12.6. The monoisotopic (exact) mass is 390 g/mol. The number of thioether (sulfide) groups is 1. The average Bonchev–Trinajstić information content (AvgIpc) is 3.14. The lowest BCUT2D eigenvalue weighted by molar-refractivity contribution is 0.102. The van der Waals surface area contributed by atoms with Crippen LogP contribution in [0.5, 0.6) is 11.5 Å². The Morgan fingerprint density at radius 3 is 2.65 bits per heavy atom. The molecule has 26 heavy (non-hydrogen) atoms. The summed E-state index contributed by atoms with van der Waals surface area (Å²) in [6.07, 6.45) is 0. The van der Waals surface area contributed by atoms with Crippen molar-refractivity contribution in [1.29, 1.82) is 0 Å². The lowest BCUT2D eigenvalue weighted by Gasteiger charge is -2.08. The highest BCUT2D eigenvalue weighted by Crippen LogP contribution is 2.29. The van der Waals surface area contributed by atoms with E-state index in [1.54, 1.807) is 43.5 Å². The Morgan fingerprint density at radius 1 is 1.12 bits per heavy atom. The zero-order valence-electron chi connectivity index (χ0n) is 14.1. The summed E-state index contributed by atoms with van der Waals surface area (Å²) in [6, 6.07) is 12.2. The van der Waals surface area contributed by atoms with Gasteiger partial charge in [-0.3, -0.25) is 4.79 Å². The molecule has 3 aromatic rings. The van der Waals surface area contributed by atoms with E-state index < -0.39 is 0 Å². The first-order valence-electron chi connectivity index (χ1n) is 7.58. The summed E-state index contributed by atoms with van der Waals surface area (Å²) < 4.78 is 16.0. The maximum Gasteiger partial charge on any atom is 0.277 e. The number of carbonyl (C=O) groups excluding carboxylic acids is 1. The van der Waals surface area contributed by atoms with Crippen molar-refractivity contribution in [2.24, 2.45) is 0 Å². The molecule has 0 aliphatic carbocycles. The third-order valence-electron chi connectivity index (χ3n) is 3.51. The van der Waals surface area contributed by atoms with Crippen molar-refractivity contribution >= 4 is 29.1 Å². The number of aromatic nitrogens is 2. The number of hydrogen-bond donors (Lipinski definition) is 0. The molecule has 134 valence electrons. The van der Waals surface area contributed by atoms with Gasteiger partial charge in [-0.2, -0.15) is 0 Å². The lowest BCUT2D eigenvalue weighted by Crippen LogP contribution is -2.03. The van der Waals surface area contributed by atoms with E-state index in [1.165, 1.54) is 18.9 Å². The molecule has 0 bridgehead atoms. The minimum Gasteiger partial charge on any atom is -0.493 e. The minimum atomic E-state index is -0.0848. The number of Topliss-reactive ketones (excluding diaryl/α,β-unsaturated/α-hetero) is 1. The largest absolute Gasteiger partial charge is 0.493 e. The number of hydrogen-bond acceptors (Lipinski definition) is 7. The molecule has 0 fully saturated rings. The molecule has 0 N–H and O–H groups in total. The zero-order valence-corrected chi connectivity index (χ0v) is 15.6. The fourth-order valence-corrected chi connectivity index (χ4v) is 3.07. The highest BCUT2D eigenvalue weighted by molar-refractivity contribution is 7.99. The molecule has 1 aromatic heterocycles. The molecule has 0 aliphatic heterocycles. The predicted octanol–water partition coefficient (Wildman–Crippen LogP) is 4.38. The Hall–Kier alpha value is -2.51. The molecule has 0 saturated carbocycles. The number of methoxy groups -OCH3 is 2. The van der Waals surface area contributed by atoms with E-state index in [0.717, 1.165) is 5.56 Å². The van der Waals surface area contributed by atoms with E-state index in [-0.39, 0.29) is 11.5 Å². The Bertz CT molecular complexity index is 929. The number of benzene rings is 2. The van der Waals surface area contributed by atoms with Crippen LogP contribution in [0, 0.1) is 0 Å².